The minimum Gasteiger partial charge on any atom is -0.465 e. The highest BCUT2D eigenvalue weighted by Gasteiger charge is 2.16. The number of halogens is 1. The van der Waals surface area contributed by atoms with Gasteiger partial charge in [-0.2, -0.15) is 0 Å². The van der Waals surface area contributed by atoms with Crippen molar-refractivity contribution in [3.8, 4) is 0 Å². The molecule has 1 heterocycles. The number of carbonyl (C=O) groups is 2. The molecule has 0 atom stereocenters. The number of anilines is 1. The summed E-state index contributed by atoms with van der Waals surface area (Å²) in [6, 6.07) is 17.9. The average molecular weight is 380 g/mol. The summed E-state index contributed by atoms with van der Waals surface area (Å²) >= 11 is 6.13. The van der Waals surface area contributed by atoms with E-state index in [1.807, 2.05) is 36.4 Å². The number of furan rings is 1. The van der Waals surface area contributed by atoms with Gasteiger partial charge in [-0.3, -0.25) is 4.79 Å². The van der Waals surface area contributed by atoms with Crippen molar-refractivity contribution in [2.75, 3.05) is 12.4 Å². The SMILES string of the molecule is COC(=O)c1ccc(Cl)c(NC(=O)c2cc3c(ccc4ccccc43)o2)c1. The number of esters is 1. The highest BCUT2D eigenvalue weighted by Crippen LogP contribution is 2.29. The molecule has 6 heteroatoms. The van der Waals surface area contributed by atoms with E-state index in [1.54, 1.807) is 6.07 Å². The third-order valence-electron chi connectivity index (χ3n) is 4.29. The Bertz CT molecular complexity index is 1200. The highest BCUT2D eigenvalue weighted by atomic mass is 35.5. The van der Waals surface area contributed by atoms with Crippen molar-refractivity contribution in [3.05, 3.63) is 77.0 Å². The van der Waals surface area contributed by atoms with Crippen LogP contribution in [-0.2, 0) is 4.74 Å². The molecule has 1 amide bonds. The van der Waals surface area contributed by atoms with Gasteiger partial charge < -0.3 is 14.5 Å². The van der Waals surface area contributed by atoms with Crippen molar-refractivity contribution >= 4 is 50.9 Å². The van der Waals surface area contributed by atoms with E-state index in [-0.39, 0.29) is 11.3 Å². The maximum absolute atomic E-state index is 12.6. The lowest BCUT2D eigenvalue weighted by Gasteiger charge is -2.07. The number of rotatable bonds is 3. The molecule has 4 aromatic rings. The molecule has 0 unspecified atom stereocenters. The monoisotopic (exact) mass is 379 g/mol. The molecule has 0 aliphatic rings. The first-order chi connectivity index (χ1) is 13.1. The van der Waals surface area contributed by atoms with Crippen LogP contribution in [0.1, 0.15) is 20.9 Å². The molecule has 0 aliphatic carbocycles. The van der Waals surface area contributed by atoms with Gasteiger partial charge >= 0.3 is 5.97 Å². The van der Waals surface area contributed by atoms with Gasteiger partial charge in [0.25, 0.3) is 5.91 Å². The summed E-state index contributed by atoms with van der Waals surface area (Å²) in [5.41, 5.74) is 1.20. The number of fused-ring (bicyclic) bond motifs is 3. The lowest BCUT2D eigenvalue weighted by atomic mass is 10.1. The normalized spacial score (nSPS) is 10.9. The Labute approximate surface area is 159 Å². The van der Waals surface area contributed by atoms with Gasteiger partial charge in [-0.25, -0.2) is 4.79 Å². The zero-order valence-electron chi connectivity index (χ0n) is 14.3. The molecule has 0 saturated carbocycles. The number of benzene rings is 3. The predicted molar refractivity (Wildman–Crippen MR) is 104 cm³/mol. The molecule has 0 aliphatic heterocycles. The van der Waals surface area contributed by atoms with Gasteiger partial charge in [0.2, 0.25) is 0 Å². The van der Waals surface area contributed by atoms with E-state index in [1.165, 1.54) is 25.3 Å². The Balaban J connectivity index is 1.69. The zero-order valence-corrected chi connectivity index (χ0v) is 15.0. The van der Waals surface area contributed by atoms with Crippen molar-refractivity contribution in [1.29, 1.82) is 0 Å². The first-order valence-electron chi connectivity index (χ1n) is 8.17. The fraction of sp³-hybridized carbons (Fsp3) is 0.0476. The van der Waals surface area contributed by atoms with E-state index >= 15 is 0 Å². The zero-order chi connectivity index (χ0) is 19.0. The fourth-order valence-electron chi connectivity index (χ4n) is 2.95. The molecule has 0 saturated heterocycles. The number of hydrogen-bond donors (Lipinski definition) is 1. The van der Waals surface area contributed by atoms with Gasteiger partial charge in [-0.1, -0.05) is 41.9 Å². The average Bonchev–Trinajstić information content (AvgIpc) is 3.14. The van der Waals surface area contributed by atoms with Crippen LogP contribution in [0.4, 0.5) is 5.69 Å². The fourth-order valence-corrected chi connectivity index (χ4v) is 3.12. The van der Waals surface area contributed by atoms with Crippen LogP contribution >= 0.6 is 11.6 Å². The van der Waals surface area contributed by atoms with E-state index in [0.717, 1.165) is 16.2 Å². The van der Waals surface area contributed by atoms with Gasteiger partial charge in [-0.15, -0.1) is 0 Å². The molecule has 27 heavy (non-hydrogen) atoms. The van der Waals surface area contributed by atoms with Crippen LogP contribution < -0.4 is 5.32 Å². The molecule has 0 spiro atoms. The van der Waals surface area contributed by atoms with Gasteiger partial charge in [-0.05, 0) is 41.1 Å². The smallest absolute Gasteiger partial charge is 0.337 e. The van der Waals surface area contributed by atoms with Crippen LogP contribution in [0, 0.1) is 0 Å². The summed E-state index contributed by atoms with van der Waals surface area (Å²) in [6.45, 7) is 0. The van der Waals surface area contributed by atoms with Crippen molar-refractivity contribution in [2.24, 2.45) is 0 Å². The Morgan fingerprint density at radius 3 is 2.63 bits per heavy atom. The van der Waals surface area contributed by atoms with Crippen molar-refractivity contribution < 1.29 is 18.7 Å². The summed E-state index contributed by atoms with van der Waals surface area (Å²) in [6.07, 6.45) is 0. The summed E-state index contributed by atoms with van der Waals surface area (Å²) in [5.74, 6) is -0.822. The van der Waals surface area contributed by atoms with Crippen molar-refractivity contribution in [1.82, 2.24) is 0 Å². The van der Waals surface area contributed by atoms with Crippen LogP contribution in [0.2, 0.25) is 5.02 Å². The first kappa shape index (κ1) is 17.1. The van der Waals surface area contributed by atoms with Gasteiger partial charge in [0.1, 0.15) is 5.58 Å². The van der Waals surface area contributed by atoms with E-state index < -0.39 is 11.9 Å². The third-order valence-corrected chi connectivity index (χ3v) is 4.62. The Hall–Kier alpha value is -3.31. The number of hydrogen-bond acceptors (Lipinski definition) is 4. The first-order valence-corrected chi connectivity index (χ1v) is 8.55. The minimum absolute atomic E-state index is 0.154. The van der Waals surface area contributed by atoms with Crippen LogP contribution in [0.15, 0.2) is 65.1 Å². The van der Waals surface area contributed by atoms with Crippen LogP contribution in [-0.4, -0.2) is 19.0 Å². The molecular weight excluding hydrogens is 366 g/mol. The molecule has 4 rings (SSSR count). The topological polar surface area (TPSA) is 68.5 Å². The molecule has 0 bridgehead atoms. The molecule has 1 aromatic heterocycles. The quantitative estimate of drug-likeness (QED) is 0.492. The second-order valence-corrected chi connectivity index (χ2v) is 6.36. The van der Waals surface area contributed by atoms with E-state index in [9.17, 15) is 9.59 Å². The summed E-state index contributed by atoms with van der Waals surface area (Å²) in [4.78, 5) is 24.3. The van der Waals surface area contributed by atoms with E-state index in [4.69, 9.17) is 16.0 Å². The Kier molecular flexibility index (Phi) is 4.30. The van der Waals surface area contributed by atoms with Crippen molar-refractivity contribution in [3.63, 3.8) is 0 Å². The molecule has 0 radical (unpaired) electrons. The number of methoxy groups -OCH3 is 1. The molecule has 5 nitrogen and oxygen atoms in total. The lowest BCUT2D eigenvalue weighted by molar-refractivity contribution is 0.0600. The lowest BCUT2D eigenvalue weighted by Crippen LogP contribution is -2.12. The van der Waals surface area contributed by atoms with E-state index in [0.29, 0.717) is 16.3 Å². The summed E-state index contributed by atoms with van der Waals surface area (Å²) in [5, 5.41) is 5.90. The maximum Gasteiger partial charge on any atom is 0.337 e. The molecule has 0 fully saturated rings. The minimum atomic E-state index is -0.516. The van der Waals surface area contributed by atoms with Gasteiger partial charge in [0, 0.05) is 5.39 Å². The van der Waals surface area contributed by atoms with Crippen LogP contribution in [0.5, 0.6) is 0 Å². The number of amides is 1. The molecular formula is C21H14ClNO4. The molecule has 134 valence electrons. The van der Waals surface area contributed by atoms with Gasteiger partial charge in [0.05, 0.1) is 23.4 Å². The second kappa shape index (κ2) is 6.78. The van der Waals surface area contributed by atoms with E-state index in [2.05, 4.69) is 10.1 Å². The third kappa shape index (κ3) is 3.13. The van der Waals surface area contributed by atoms with Gasteiger partial charge in [0.15, 0.2) is 5.76 Å². The summed E-state index contributed by atoms with van der Waals surface area (Å²) in [7, 11) is 1.29. The standard InChI is InChI=1S/C21H14ClNO4/c1-26-21(25)13-6-8-16(22)17(10-13)23-20(24)19-11-15-14-5-3-2-4-12(14)7-9-18(15)27-19/h2-11H,1H3,(H,23,24). The molecule has 3 aromatic carbocycles. The van der Waals surface area contributed by atoms with Crippen molar-refractivity contribution in [2.45, 2.75) is 0 Å². The van der Waals surface area contributed by atoms with Crippen LogP contribution in [0.25, 0.3) is 21.7 Å². The number of ether oxygens (including phenoxy) is 1. The Morgan fingerprint density at radius 2 is 1.81 bits per heavy atom. The number of carbonyl (C=O) groups excluding carboxylic acids is 2. The predicted octanol–water partition coefficient (Wildman–Crippen LogP) is 5.28. The summed E-state index contributed by atoms with van der Waals surface area (Å²) < 4.78 is 10.4. The number of nitrogens with one attached hydrogen (secondary N) is 1. The Morgan fingerprint density at radius 1 is 1.00 bits per heavy atom. The molecule has 1 N–H and O–H groups in total. The second-order valence-electron chi connectivity index (χ2n) is 5.95. The largest absolute Gasteiger partial charge is 0.465 e. The highest BCUT2D eigenvalue weighted by molar-refractivity contribution is 6.34. The maximum atomic E-state index is 12.6. The van der Waals surface area contributed by atoms with Crippen LogP contribution in [0.3, 0.4) is 0 Å².